The zero-order chi connectivity index (χ0) is 13.0. The van der Waals surface area contributed by atoms with Gasteiger partial charge in [0.1, 0.15) is 5.75 Å². The average molecular weight is 257 g/mol. The minimum absolute atomic E-state index is 0.0104. The van der Waals surface area contributed by atoms with Crippen molar-refractivity contribution in [2.75, 3.05) is 6.61 Å². The Bertz CT molecular complexity index is 392. The molecular weight excluding hydrogens is 240 g/mol. The van der Waals surface area contributed by atoms with Gasteiger partial charge in [0, 0.05) is 10.9 Å². The predicted octanol–water partition coefficient (Wildman–Crippen LogP) is 3.45. The van der Waals surface area contributed by atoms with E-state index in [1.165, 1.54) is 0 Å². The van der Waals surface area contributed by atoms with Gasteiger partial charge in [-0.2, -0.15) is 0 Å². The third-order valence-corrected chi connectivity index (χ3v) is 3.06. The Morgan fingerprint density at radius 3 is 2.41 bits per heavy atom. The Kier molecular flexibility index (Phi) is 4.82. The minimum atomic E-state index is -0.801. The fourth-order valence-electron chi connectivity index (χ4n) is 1.59. The second kappa shape index (κ2) is 5.92. The number of rotatable bonds is 5. The summed E-state index contributed by atoms with van der Waals surface area (Å²) in [5, 5.41) is 9.38. The van der Waals surface area contributed by atoms with Gasteiger partial charge in [-0.1, -0.05) is 18.5 Å². The summed E-state index contributed by atoms with van der Waals surface area (Å²) in [7, 11) is 0. The number of hydrogen-bond acceptors (Lipinski definition) is 2. The van der Waals surface area contributed by atoms with Crippen molar-refractivity contribution < 1.29 is 14.6 Å². The van der Waals surface area contributed by atoms with Crippen LogP contribution in [0.1, 0.15) is 24.5 Å². The maximum Gasteiger partial charge on any atom is 0.303 e. The van der Waals surface area contributed by atoms with E-state index in [2.05, 4.69) is 0 Å². The summed E-state index contributed by atoms with van der Waals surface area (Å²) in [5.74, 6) is -0.0741. The molecule has 0 amide bonds. The van der Waals surface area contributed by atoms with Crippen molar-refractivity contribution in [3.63, 3.8) is 0 Å². The summed E-state index contributed by atoms with van der Waals surface area (Å²) in [6.45, 7) is 6.09. The summed E-state index contributed by atoms with van der Waals surface area (Å²) in [4.78, 5) is 10.5. The second-order valence-electron chi connectivity index (χ2n) is 4.39. The van der Waals surface area contributed by atoms with Gasteiger partial charge in [-0.05, 0) is 37.1 Å². The third-order valence-electron chi connectivity index (χ3n) is 2.47. The maximum absolute atomic E-state index is 10.5. The van der Waals surface area contributed by atoms with Crippen LogP contribution < -0.4 is 4.74 Å². The van der Waals surface area contributed by atoms with Gasteiger partial charge >= 0.3 is 5.97 Å². The molecule has 0 aliphatic rings. The van der Waals surface area contributed by atoms with Gasteiger partial charge in [0.15, 0.2) is 0 Å². The monoisotopic (exact) mass is 256 g/mol. The fraction of sp³-hybridized carbons (Fsp3) is 0.462. The summed E-state index contributed by atoms with van der Waals surface area (Å²) in [5.41, 5.74) is 1.93. The Balaban J connectivity index is 2.61. The van der Waals surface area contributed by atoms with Gasteiger partial charge in [-0.15, -0.1) is 0 Å². The molecule has 1 atom stereocenters. The highest BCUT2D eigenvalue weighted by Gasteiger charge is 2.09. The Hall–Kier alpha value is -1.22. The highest BCUT2D eigenvalue weighted by molar-refractivity contribution is 6.32. The molecular formula is C13H17ClO3. The first-order chi connectivity index (χ1) is 7.90. The summed E-state index contributed by atoms with van der Waals surface area (Å²) < 4.78 is 5.56. The van der Waals surface area contributed by atoms with Crippen LogP contribution in [0.3, 0.4) is 0 Å². The lowest BCUT2D eigenvalue weighted by Gasteiger charge is -2.13. The SMILES string of the molecule is Cc1cc(OCC(C)CC(=O)O)cc(C)c1Cl. The maximum atomic E-state index is 10.5. The smallest absolute Gasteiger partial charge is 0.303 e. The average Bonchev–Trinajstić information content (AvgIpc) is 2.22. The molecule has 0 saturated heterocycles. The van der Waals surface area contributed by atoms with E-state index in [0.717, 1.165) is 21.9 Å². The molecule has 1 unspecified atom stereocenters. The number of aryl methyl sites for hydroxylation is 2. The van der Waals surface area contributed by atoms with E-state index in [-0.39, 0.29) is 12.3 Å². The van der Waals surface area contributed by atoms with E-state index < -0.39 is 5.97 Å². The minimum Gasteiger partial charge on any atom is -0.493 e. The number of ether oxygens (including phenoxy) is 1. The van der Waals surface area contributed by atoms with E-state index in [1.807, 2.05) is 32.9 Å². The molecule has 0 radical (unpaired) electrons. The van der Waals surface area contributed by atoms with E-state index in [1.54, 1.807) is 0 Å². The molecule has 0 bridgehead atoms. The van der Waals surface area contributed by atoms with Gasteiger partial charge < -0.3 is 9.84 Å². The first kappa shape index (κ1) is 13.8. The Labute approximate surface area is 106 Å². The van der Waals surface area contributed by atoms with Crippen LogP contribution in [0.25, 0.3) is 0 Å². The molecule has 3 nitrogen and oxygen atoms in total. The third kappa shape index (κ3) is 4.27. The van der Waals surface area contributed by atoms with Crippen LogP contribution in [0.5, 0.6) is 5.75 Å². The molecule has 4 heteroatoms. The topological polar surface area (TPSA) is 46.5 Å². The first-order valence-electron chi connectivity index (χ1n) is 5.51. The quantitative estimate of drug-likeness (QED) is 0.878. The highest BCUT2D eigenvalue weighted by Crippen LogP contribution is 2.26. The molecule has 1 rings (SSSR count). The lowest BCUT2D eigenvalue weighted by atomic mass is 10.1. The number of carbonyl (C=O) groups is 1. The van der Waals surface area contributed by atoms with Crippen LogP contribution in [0.4, 0.5) is 0 Å². The molecule has 0 saturated carbocycles. The van der Waals surface area contributed by atoms with Crippen molar-refractivity contribution in [3.8, 4) is 5.75 Å². The van der Waals surface area contributed by atoms with Gasteiger partial charge in [-0.3, -0.25) is 4.79 Å². The molecule has 0 aromatic heterocycles. The van der Waals surface area contributed by atoms with E-state index in [0.29, 0.717) is 6.61 Å². The molecule has 94 valence electrons. The zero-order valence-electron chi connectivity index (χ0n) is 10.3. The number of benzene rings is 1. The van der Waals surface area contributed by atoms with Crippen molar-refractivity contribution in [2.24, 2.45) is 5.92 Å². The molecule has 0 aliphatic carbocycles. The van der Waals surface area contributed by atoms with Gasteiger partial charge in [0.05, 0.1) is 13.0 Å². The second-order valence-corrected chi connectivity index (χ2v) is 4.76. The normalized spacial score (nSPS) is 12.2. The molecule has 1 N–H and O–H groups in total. The number of carboxylic acid groups (broad SMARTS) is 1. The van der Waals surface area contributed by atoms with Crippen molar-refractivity contribution >= 4 is 17.6 Å². The van der Waals surface area contributed by atoms with E-state index >= 15 is 0 Å². The molecule has 0 fully saturated rings. The van der Waals surface area contributed by atoms with Crippen LogP contribution in [0.15, 0.2) is 12.1 Å². The highest BCUT2D eigenvalue weighted by atomic mass is 35.5. The first-order valence-corrected chi connectivity index (χ1v) is 5.89. The van der Waals surface area contributed by atoms with Crippen LogP contribution in [0, 0.1) is 19.8 Å². The van der Waals surface area contributed by atoms with Gasteiger partial charge in [-0.25, -0.2) is 0 Å². The lowest BCUT2D eigenvalue weighted by molar-refractivity contribution is -0.138. The summed E-state index contributed by atoms with van der Waals surface area (Å²) in [6, 6.07) is 3.73. The van der Waals surface area contributed by atoms with E-state index in [9.17, 15) is 4.79 Å². The van der Waals surface area contributed by atoms with Crippen molar-refractivity contribution in [2.45, 2.75) is 27.2 Å². The lowest BCUT2D eigenvalue weighted by Crippen LogP contribution is -2.13. The van der Waals surface area contributed by atoms with Crippen molar-refractivity contribution in [1.29, 1.82) is 0 Å². The number of carboxylic acids is 1. The standard InChI is InChI=1S/C13H17ClO3/c1-8(4-12(15)16)7-17-11-5-9(2)13(14)10(3)6-11/h5-6,8H,4,7H2,1-3H3,(H,15,16). The summed E-state index contributed by atoms with van der Waals surface area (Å²) in [6.07, 6.45) is 0.117. The number of hydrogen-bond donors (Lipinski definition) is 1. The van der Waals surface area contributed by atoms with Gasteiger partial charge in [0.2, 0.25) is 0 Å². The van der Waals surface area contributed by atoms with Crippen LogP contribution in [0.2, 0.25) is 5.02 Å². The van der Waals surface area contributed by atoms with Crippen molar-refractivity contribution in [3.05, 3.63) is 28.3 Å². The largest absolute Gasteiger partial charge is 0.493 e. The van der Waals surface area contributed by atoms with Crippen LogP contribution in [-0.4, -0.2) is 17.7 Å². The summed E-state index contributed by atoms with van der Waals surface area (Å²) >= 11 is 6.05. The predicted molar refractivity (Wildman–Crippen MR) is 67.8 cm³/mol. The number of halogens is 1. The zero-order valence-corrected chi connectivity index (χ0v) is 11.0. The molecule has 1 aromatic rings. The molecule has 0 heterocycles. The fourth-order valence-corrected chi connectivity index (χ4v) is 1.69. The van der Waals surface area contributed by atoms with Gasteiger partial charge in [0.25, 0.3) is 0 Å². The number of aliphatic carboxylic acids is 1. The molecule has 0 aliphatic heterocycles. The Morgan fingerprint density at radius 2 is 1.94 bits per heavy atom. The van der Waals surface area contributed by atoms with Crippen molar-refractivity contribution in [1.82, 2.24) is 0 Å². The van der Waals surface area contributed by atoms with E-state index in [4.69, 9.17) is 21.4 Å². The van der Waals surface area contributed by atoms with Crippen LogP contribution in [-0.2, 0) is 4.79 Å². The molecule has 1 aromatic carbocycles. The molecule has 17 heavy (non-hydrogen) atoms. The molecule has 0 spiro atoms. The van der Waals surface area contributed by atoms with Crippen LogP contribution >= 0.6 is 11.6 Å². The Morgan fingerprint density at radius 1 is 1.41 bits per heavy atom.